The van der Waals surface area contributed by atoms with Crippen LogP contribution >= 0.6 is 0 Å². The molecule has 2 rings (SSSR count). The van der Waals surface area contributed by atoms with Crippen molar-refractivity contribution in [3.63, 3.8) is 0 Å². The number of hydrogen-bond donors (Lipinski definition) is 1. The first kappa shape index (κ1) is 12.3. The average Bonchev–Trinajstić information content (AvgIpc) is 2.73. The molecule has 2 fully saturated rings. The standard InChI is InChI=1S/C13H26N2O/c1-13(2,16-3)10-14-11-6-8-15-7-4-5-12(15)9-11/h11-12,14H,4-10H2,1-3H3. The normalized spacial score (nSPS) is 31.7. The molecule has 0 aliphatic carbocycles. The molecule has 0 bridgehead atoms. The number of rotatable bonds is 4. The Morgan fingerprint density at radius 3 is 2.88 bits per heavy atom. The van der Waals surface area contributed by atoms with Crippen molar-refractivity contribution in [2.24, 2.45) is 0 Å². The van der Waals surface area contributed by atoms with Crippen LogP contribution in [0.4, 0.5) is 0 Å². The van der Waals surface area contributed by atoms with Crippen molar-refractivity contribution in [1.29, 1.82) is 0 Å². The number of ether oxygens (including phenoxy) is 1. The largest absolute Gasteiger partial charge is 0.377 e. The van der Waals surface area contributed by atoms with Crippen LogP contribution in [-0.2, 0) is 4.74 Å². The maximum atomic E-state index is 5.44. The van der Waals surface area contributed by atoms with Crippen LogP contribution in [0.3, 0.4) is 0 Å². The molecule has 2 aliphatic heterocycles. The number of nitrogens with one attached hydrogen (secondary N) is 1. The van der Waals surface area contributed by atoms with Crippen LogP contribution in [0.15, 0.2) is 0 Å². The highest BCUT2D eigenvalue weighted by atomic mass is 16.5. The Bertz CT molecular complexity index is 230. The molecule has 0 spiro atoms. The minimum absolute atomic E-state index is 0.0349. The van der Waals surface area contributed by atoms with Crippen molar-refractivity contribution in [2.45, 2.75) is 57.2 Å². The average molecular weight is 226 g/mol. The lowest BCUT2D eigenvalue weighted by Crippen LogP contribution is -2.49. The fourth-order valence-electron chi connectivity index (χ4n) is 2.87. The molecule has 2 heterocycles. The summed E-state index contributed by atoms with van der Waals surface area (Å²) in [5.74, 6) is 0. The molecule has 0 aromatic rings. The molecule has 0 amide bonds. The molecule has 3 heteroatoms. The summed E-state index contributed by atoms with van der Waals surface area (Å²) in [5.41, 5.74) is -0.0349. The lowest BCUT2D eigenvalue weighted by atomic mass is 9.97. The second-order valence-electron chi connectivity index (χ2n) is 5.90. The van der Waals surface area contributed by atoms with Crippen LogP contribution < -0.4 is 5.32 Å². The first-order chi connectivity index (χ1) is 7.61. The smallest absolute Gasteiger partial charge is 0.0746 e. The Morgan fingerprint density at radius 1 is 1.31 bits per heavy atom. The van der Waals surface area contributed by atoms with Crippen LogP contribution in [0.5, 0.6) is 0 Å². The number of nitrogens with zero attached hydrogens (tertiary/aromatic N) is 1. The van der Waals surface area contributed by atoms with E-state index in [4.69, 9.17) is 4.74 Å². The fourth-order valence-corrected chi connectivity index (χ4v) is 2.87. The van der Waals surface area contributed by atoms with Crippen LogP contribution in [0.1, 0.15) is 39.5 Å². The molecule has 0 aromatic heterocycles. The molecule has 1 N–H and O–H groups in total. The van der Waals surface area contributed by atoms with E-state index in [9.17, 15) is 0 Å². The molecule has 2 aliphatic rings. The molecular weight excluding hydrogens is 200 g/mol. The van der Waals surface area contributed by atoms with E-state index in [0.717, 1.165) is 12.6 Å². The Labute approximate surface area is 99.5 Å². The predicted molar refractivity (Wildman–Crippen MR) is 66.7 cm³/mol. The zero-order valence-electron chi connectivity index (χ0n) is 11.0. The van der Waals surface area contributed by atoms with E-state index < -0.39 is 0 Å². The molecule has 0 aromatic carbocycles. The first-order valence-corrected chi connectivity index (χ1v) is 6.63. The summed E-state index contributed by atoms with van der Waals surface area (Å²) in [4.78, 5) is 2.67. The van der Waals surface area contributed by atoms with Gasteiger partial charge in [0.15, 0.2) is 0 Å². The summed E-state index contributed by atoms with van der Waals surface area (Å²) in [6.07, 6.45) is 5.45. The van der Waals surface area contributed by atoms with Crippen molar-refractivity contribution in [2.75, 3.05) is 26.7 Å². The van der Waals surface area contributed by atoms with Gasteiger partial charge in [-0.05, 0) is 52.6 Å². The van der Waals surface area contributed by atoms with Gasteiger partial charge in [0.25, 0.3) is 0 Å². The van der Waals surface area contributed by atoms with E-state index >= 15 is 0 Å². The van der Waals surface area contributed by atoms with E-state index in [-0.39, 0.29) is 5.60 Å². The van der Waals surface area contributed by atoms with Crippen LogP contribution in [0, 0.1) is 0 Å². The second-order valence-corrected chi connectivity index (χ2v) is 5.90. The second kappa shape index (κ2) is 5.03. The number of piperidine rings is 1. The van der Waals surface area contributed by atoms with Gasteiger partial charge in [0, 0.05) is 25.7 Å². The molecular formula is C13H26N2O. The van der Waals surface area contributed by atoms with Crippen LogP contribution in [0.2, 0.25) is 0 Å². The Hall–Kier alpha value is -0.120. The van der Waals surface area contributed by atoms with Gasteiger partial charge in [-0.3, -0.25) is 0 Å². The van der Waals surface area contributed by atoms with E-state index in [1.54, 1.807) is 7.11 Å². The molecule has 2 atom stereocenters. The lowest BCUT2D eigenvalue weighted by Gasteiger charge is -2.36. The third-order valence-corrected chi connectivity index (χ3v) is 4.19. The molecule has 2 unspecified atom stereocenters. The molecule has 0 radical (unpaired) electrons. The van der Waals surface area contributed by atoms with Gasteiger partial charge in [0.2, 0.25) is 0 Å². The molecule has 16 heavy (non-hydrogen) atoms. The summed E-state index contributed by atoms with van der Waals surface area (Å²) in [7, 11) is 1.79. The topological polar surface area (TPSA) is 24.5 Å². The molecule has 3 nitrogen and oxygen atoms in total. The van der Waals surface area contributed by atoms with Crippen molar-refractivity contribution >= 4 is 0 Å². The fraction of sp³-hybridized carbons (Fsp3) is 1.00. The maximum Gasteiger partial charge on any atom is 0.0746 e. The summed E-state index contributed by atoms with van der Waals surface area (Å²) in [6.45, 7) is 7.87. The van der Waals surface area contributed by atoms with Crippen molar-refractivity contribution in [3.05, 3.63) is 0 Å². The van der Waals surface area contributed by atoms with Crippen molar-refractivity contribution in [1.82, 2.24) is 10.2 Å². The third kappa shape index (κ3) is 2.96. The highest BCUT2D eigenvalue weighted by Gasteiger charge is 2.32. The first-order valence-electron chi connectivity index (χ1n) is 6.63. The Morgan fingerprint density at radius 2 is 2.12 bits per heavy atom. The van der Waals surface area contributed by atoms with Crippen molar-refractivity contribution < 1.29 is 4.74 Å². The molecule has 94 valence electrons. The van der Waals surface area contributed by atoms with Gasteiger partial charge < -0.3 is 15.0 Å². The van der Waals surface area contributed by atoms with Crippen LogP contribution in [0.25, 0.3) is 0 Å². The van der Waals surface area contributed by atoms with E-state index in [0.29, 0.717) is 6.04 Å². The SMILES string of the molecule is COC(C)(C)CNC1CCN2CCCC2C1. The number of hydrogen-bond acceptors (Lipinski definition) is 3. The van der Waals surface area contributed by atoms with Crippen LogP contribution in [-0.4, -0.2) is 49.3 Å². The quantitative estimate of drug-likeness (QED) is 0.788. The Kier molecular flexibility index (Phi) is 3.88. The van der Waals surface area contributed by atoms with E-state index in [2.05, 4.69) is 24.1 Å². The number of methoxy groups -OCH3 is 1. The van der Waals surface area contributed by atoms with Gasteiger partial charge in [0.1, 0.15) is 0 Å². The Balaban J connectivity index is 1.75. The van der Waals surface area contributed by atoms with Gasteiger partial charge in [-0.2, -0.15) is 0 Å². The van der Waals surface area contributed by atoms with Gasteiger partial charge in [-0.1, -0.05) is 0 Å². The zero-order chi connectivity index (χ0) is 11.6. The molecule has 0 saturated carbocycles. The van der Waals surface area contributed by atoms with Gasteiger partial charge in [0.05, 0.1) is 5.60 Å². The van der Waals surface area contributed by atoms with E-state index in [1.165, 1.54) is 38.8 Å². The molecule has 2 saturated heterocycles. The summed E-state index contributed by atoms with van der Waals surface area (Å²) < 4.78 is 5.44. The zero-order valence-corrected chi connectivity index (χ0v) is 11.0. The summed E-state index contributed by atoms with van der Waals surface area (Å²) >= 11 is 0. The monoisotopic (exact) mass is 226 g/mol. The van der Waals surface area contributed by atoms with Gasteiger partial charge in [-0.25, -0.2) is 0 Å². The highest BCUT2D eigenvalue weighted by Crippen LogP contribution is 2.26. The maximum absolute atomic E-state index is 5.44. The van der Waals surface area contributed by atoms with Crippen molar-refractivity contribution in [3.8, 4) is 0 Å². The summed E-state index contributed by atoms with van der Waals surface area (Å²) in [5, 5.41) is 3.67. The predicted octanol–water partition coefficient (Wildman–Crippen LogP) is 1.63. The highest BCUT2D eigenvalue weighted by molar-refractivity contribution is 4.90. The minimum Gasteiger partial charge on any atom is -0.377 e. The third-order valence-electron chi connectivity index (χ3n) is 4.19. The van der Waals surface area contributed by atoms with Gasteiger partial charge in [-0.15, -0.1) is 0 Å². The lowest BCUT2D eigenvalue weighted by molar-refractivity contribution is 0.0180. The van der Waals surface area contributed by atoms with E-state index in [1.807, 2.05) is 0 Å². The number of fused-ring (bicyclic) bond motifs is 1. The van der Waals surface area contributed by atoms with Gasteiger partial charge >= 0.3 is 0 Å². The summed E-state index contributed by atoms with van der Waals surface area (Å²) in [6, 6.07) is 1.56. The minimum atomic E-state index is -0.0349.